The smallest absolute Gasteiger partial charge is 0.138 e. The minimum absolute atomic E-state index is 0.143. The number of hydrogen-bond acceptors (Lipinski definition) is 1. The molecule has 0 bridgehead atoms. The summed E-state index contributed by atoms with van der Waals surface area (Å²) in [5, 5.41) is 5.31. The Morgan fingerprint density at radius 3 is 1.52 bits per heavy atom. The number of para-hydroxylation sites is 4. The predicted octanol–water partition coefficient (Wildman–Crippen LogP) is 13.4. The van der Waals surface area contributed by atoms with Gasteiger partial charge in [-0.15, -0.1) is 0 Å². The Morgan fingerprint density at radius 2 is 0.870 bits per heavy atom. The van der Waals surface area contributed by atoms with Gasteiger partial charge >= 0.3 is 0 Å². The van der Waals surface area contributed by atoms with Crippen LogP contribution in [-0.4, -0.2) is 14.1 Å². The van der Waals surface area contributed by atoms with Gasteiger partial charge in [0.25, 0.3) is 0 Å². The summed E-state index contributed by atoms with van der Waals surface area (Å²) in [7, 11) is 0. The zero-order valence-electron chi connectivity index (χ0n) is 34.0. The lowest BCUT2D eigenvalue weighted by atomic mass is 9.98. The molecule has 11 rings (SSSR count). The maximum atomic E-state index is 8.72. The molecule has 3 aromatic heterocycles. The first kappa shape index (κ1) is 25.7. The van der Waals surface area contributed by atoms with Crippen molar-refractivity contribution in [2.75, 3.05) is 0 Å². The molecular formula is C51H33N3. The van der Waals surface area contributed by atoms with Crippen molar-refractivity contribution in [2.24, 2.45) is 0 Å². The fourth-order valence-corrected chi connectivity index (χ4v) is 8.14. The molecule has 0 spiro atoms. The molecule has 252 valence electrons. The number of fused-ring (bicyclic) bond motifs is 7. The molecule has 0 saturated heterocycles. The van der Waals surface area contributed by atoms with Crippen molar-refractivity contribution >= 4 is 54.5 Å². The van der Waals surface area contributed by atoms with Crippen molar-refractivity contribution < 1.29 is 6.85 Å². The summed E-state index contributed by atoms with van der Waals surface area (Å²) in [5.74, 6) is 0.874. The van der Waals surface area contributed by atoms with Gasteiger partial charge < -0.3 is 4.57 Å². The van der Waals surface area contributed by atoms with E-state index in [0.29, 0.717) is 0 Å². The average Bonchev–Trinajstić information content (AvgIpc) is 3.80. The molecular weight excluding hydrogens is 655 g/mol. The summed E-state index contributed by atoms with van der Waals surface area (Å²) in [6, 6.07) is 57.2. The second-order valence-electron chi connectivity index (χ2n) is 13.6. The molecule has 0 unspecified atom stereocenters. The first-order valence-corrected chi connectivity index (χ1v) is 18.1. The number of hydrogen-bond donors (Lipinski definition) is 0. The van der Waals surface area contributed by atoms with Gasteiger partial charge in [-0.25, -0.2) is 4.98 Å². The molecule has 0 radical (unpaired) electrons. The summed E-state index contributed by atoms with van der Waals surface area (Å²) in [6.45, 7) is 0. The third-order valence-electron chi connectivity index (χ3n) is 10.6. The third kappa shape index (κ3) is 4.79. The first-order valence-electron chi connectivity index (χ1n) is 20.6. The van der Waals surface area contributed by atoms with E-state index < -0.39 is 6.04 Å². The fraction of sp³-hybridized carbons (Fsp3) is 0. The summed E-state index contributed by atoms with van der Waals surface area (Å²) in [4.78, 5) is 5.22. The zero-order valence-corrected chi connectivity index (χ0v) is 29.0. The second kappa shape index (κ2) is 12.2. The summed E-state index contributed by atoms with van der Waals surface area (Å²) in [5.41, 5.74) is 11.4. The van der Waals surface area contributed by atoms with Crippen molar-refractivity contribution in [1.29, 1.82) is 0 Å². The highest BCUT2D eigenvalue weighted by molar-refractivity contribution is 6.12. The van der Waals surface area contributed by atoms with E-state index in [4.69, 9.17) is 11.8 Å². The van der Waals surface area contributed by atoms with Crippen LogP contribution in [0.2, 0.25) is 0 Å². The monoisotopic (exact) mass is 692 g/mol. The lowest BCUT2D eigenvalue weighted by Gasteiger charge is -2.13. The molecule has 3 nitrogen and oxygen atoms in total. The Kier molecular flexibility index (Phi) is 5.79. The van der Waals surface area contributed by atoms with E-state index in [2.05, 4.69) is 126 Å². The molecule has 3 heterocycles. The molecule has 0 N–H and O–H groups in total. The SMILES string of the molecule is [2H]c1c([2H])c([2H])c(-n2c3ccccc3c3cc(-c4ccc(-c5ccc6c(c5)c5ccccc5n6-c5cc(-c6ccccc6)c6ccccc6n5)cc4)ccc32)c([2H])c1[2H]. The van der Waals surface area contributed by atoms with Gasteiger partial charge in [0.05, 0.1) is 34.4 Å². The van der Waals surface area contributed by atoms with E-state index >= 15 is 0 Å². The summed E-state index contributed by atoms with van der Waals surface area (Å²) >= 11 is 0. The van der Waals surface area contributed by atoms with Gasteiger partial charge in [-0.05, 0) is 94.0 Å². The Morgan fingerprint density at radius 1 is 0.370 bits per heavy atom. The van der Waals surface area contributed by atoms with Crippen molar-refractivity contribution in [1.82, 2.24) is 14.1 Å². The molecule has 0 fully saturated rings. The van der Waals surface area contributed by atoms with E-state index in [-0.39, 0.29) is 29.9 Å². The molecule has 0 saturated carbocycles. The maximum absolute atomic E-state index is 8.72. The summed E-state index contributed by atoms with van der Waals surface area (Å²) in [6.07, 6.45) is 0. The van der Waals surface area contributed by atoms with Crippen LogP contribution in [0.4, 0.5) is 0 Å². The van der Waals surface area contributed by atoms with E-state index in [0.717, 1.165) is 93.7 Å². The molecule has 11 aromatic rings. The minimum Gasteiger partial charge on any atom is -0.309 e. The predicted molar refractivity (Wildman–Crippen MR) is 227 cm³/mol. The normalized spacial score (nSPS) is 13.0. The van der Waals surface area contributed by atoms with Crippen LogP contribution in [0.5, 0.6) is 0 Å². The summed E-state index contributed by atoms with van der Waals surface area (Å²) < 4.78 is 46.3. The van der Waals surface area contributed by atoms with Crippen LogP contribution in [0, 0.1) is 0 Å². The number of aromatic nitrogens is 3. The maximum Gasteiger partial charge on any atom is 0.138 e. The van der Waals surface area contributed by atoms with Gasteiger partial charge in [-0.2, -0.15) is 0 Å². The molecule has 0 aliphatic heterocycles. The molecule has 3 heteroatoms. The molecule has 0 aliphatic rings. The van der Waals surface area contributed by atoms with Crippen molar-refractivity contribution in [2.45, 2.75) is 0 Å². The Bertz CT molecular complexity index is 3470. The molecule has 0 atom stereocenters. The lowest BCUT2D eigenvalue weighted by Crippen LogP contribution is -1.99. The van der Waals surface area contributed by atoms with Crippen molar-refractivity contribution in [3.05, 3.63) is 200 Å². The fourth-order valence-electron chi connectivity index (χ4n) is 8.14. The minimum atomic E-state index is -0.405. The van der Waals surface area contributed by atoms with E-state index in [1.54, 1.807) is 4.57 Å². The van der Waals surface area contributed by atoms with E-state index in [1.807, 2.05) is 48.5 Å². The van der Waals surface area contributed by atoms with Crippen LogP contribution in [0.15, 0.2) is 200 Å². The van der Waals surface area contributed by atoms with Crippen LogP contribution in [0.1, 0.15) is 6.85 Å². The first-order chi connectivity index (χ1) is 28.9. The van der Waals surface area contributed by atoms with Gasteiger partial charge in [0, 0.05) is 32.6 Å². The second-order valence-corrected chi connectivity index (χ2v) is 13.6. The van der Waals surface area contributed by atoms with Crippen LogP contribution in [0.25, 0.3) is 99.4 Å². The number of pyridine rings is 1. The van der Waals surface area contributed by atoms with Crippen LogP contribution >= 0.6 is 0 Å². The van der Waals surface area contributed by atoms with Crippen LogP contribution in [-0.2, 0) is 0 Å². The van der Waals surface area contributed by atoms with Gasteiger partial charge in [-0.3, -0.25) is 4.57 Å². The lowest BCUT2D eigenvalue weighted by molar-refractivity contribution is 1.10. The Labute approximate surface area is 319 Å². The topological polar surface area (TPSA) is 22.8 Å². The Hall–Kier alpha value is -7.23. The standard InChI is InChI=1S/C51H33N3/c1-3-13-36(14-4-1)43-33-51(52-46-20-10-7-17-40(43)46)54-48-22-12-9-19-42(48)45-32-38(28-30-50(45)54)35-25-23-34(24-26-35)37-27-29-49-44(31-37)41-18-8-11-21-47(41)53(49)39-15-5-2-6-16-39/h1-33H/i2D,5D,6D,15D,16D. The molecule has 0 amide bonds. The Balaban J connectivity index is 1.00. The van der Waals surface area contributed by atoms with Crippen LogP contribution in [0.3, 0.4) is 0 Å². The van der Waals surface area contributed by atoms with Crippen LogP contribution < -0.4 is 0 Å². The van der Waals surface area contributed by atoms with Gasteiger partial charge in [-0.1, -0.05) is 139 Å². The van der Waals surface area contributed by atoms with E-state index in [9.17, 15) is 0 Å². The largest absolute Gasteiger partial charge is 0.309 e. The molecule has 0 aliphatic carbocycles. The van der Waals surface area contributed by atoms with Gasteiger partial charge in [0.15, 0.2) is 0 Å². The highest BCUT2D eigenvalue weighted by atomic mass is 15.1. The average molecular weight is 693 g/mol. The highest BCUT2D eigenvalue weighted by Crippen LogP contribution is 2.39. The van der Waals surface area contributed by atoms with Gasteiger partial charge in [0.2, 0.25) is 0 Å². The highest BCUT2D eigenvalue weighted by Gasteiger charge is 2.17. The third-order valence-corrected chi connectivity index (χ3v) is 10.6. The number of rotatable bonds is 5. The van der Waals surface area contributed by atoms with Crippen molar-refractivity contribution in [3.63, 3.8) is 0 Å². The number of nitrogens with zero attached hydrogens (tertiary/aromatic N) is 3. The molecule has 54 heavy (non-hydrogen) atoms. The molecule has 8 aromatic carbocycles. The zero-order chi connectivity index (χ0) is 39.9. The van der Waals surface area contributed by atoms with Gasteiger partial charge in [0.1, 0.15) is 5.82 Å². The van der Waals surface area contributed by atoms with E-state index in [1.165, 1.54) is 0 Å². The number of benzene rings is 8. The van der Waals surface area contributed by atoms with Crippen molar-refractivity contribution in [3.8, 4) is 44.9 Å². The quantitative estimate of drug-likeness (QED) is 0.176.